The Morgan fingerprint density at radius 3 is 2.74 bits per heavy atom. The molecule has 0 aliphatic rings. The summed E-state index contributed by atoms with van der Waals surface area (Å²) in [5.41, 5.74) is 2.47. The molecule has 0 fully saturated rings. The highest BCUT2D eigenvalue weighted by Gasteiger charge is 2.18. The summed E-state index contributed by atoms with van der Waals surface area (Å²) in [4.78, 5) is 30.0. The van der Waals surface area contributed by atoms with Crippen LogP contribution in [-0.4, -0.2) is 37.3 Å². The zero-order valence-electron chi connectivity index (χ0n) is 16.3. The number of hydrogen-bond donors (Lipinski definition) is 2. The minimum absolute atomic E-state index is 0.0362. The number of rotatable bonds is 10. The molecule has 27 heavy (non-hydrogen) atoms. The number of H-pyrrole nitrogens is 2. The van der Waals surface area contributed by atoms with Crippen molar-refractivity contribution in [1.29, 1.82) is 0 Å². The fourth-order valence-corrected chi connectivity index (χ4v) is 3.35. The number of carbonyl (C=O) groups excluding carboxylic acids is 1. The highest BCUT2D eigenvalue weighted by molar-refractivity contribution is 5.97. The third kappa shape index (κ3) is 5.18. The van der Waals surface area contributed by atoms with Gasteiger partial charge < -0.3 is 14.9 Å². The lowest BCUT2D eigenvalue weighted by Gasteiger charge is -2.22. The Hall–Kier alpha value is -2.63. The Morgan fingerprint density at radius 2 is 1.96 bits per heavy atom. The number of carbonyl (C=O) groups is 1. The van der Waals surface area contributed by atoms with Gasteiger partial charge in [-0.2, -0.15) is 0 Å². The molecule has 144 valence electrons. The molecule has 0 aliphatic carbocycles. The zero-order chi connectivity index (χ0) is 19.1. The molecule has 0 spiro atoms. The number of aryl methyl sites for hydroxylation is 1. The van der Waals surface area contributed by atoms with E-state index in [0.717, 1.165) is 42.1 Å². The van der Waals surface area contributed by atoms with Crippen LogP contribution in [0, 0.1) is 6.92 Å². The molecule has 2 aromatic heterocycles. The average molecular weight is 367 g/mol. The van der Waals surface area contributed by atoms with Crippen LogP contribution in [-0.2, 0) is 6.54 Å². The highest BCUT2D eigenvalue weighted by Crippen LogP contribution is 2.17. The van der Waals surface area contributed by atoms with Crippen molar-refractivity contribution in [3.05, 3.63) is 47.8 Å². The highest BCUT2D eigenvalue weighted by atomic mass is 16.2. The summed E-state index contributed by atoms with van der Waals surface area (Å²) in [5, 5.41) is 0. The fourth-order valence-electron chi connectivity index (χ4n) is 3.35. The maximum Gasteiger partial charge on any atom is 0.254 e. The lowest BCUT2D eigenvalue weighted by molar-refractivity contribution is 0.0736. The second kappa shape index (κ2) is 9.35. The molecule has 0 bridgehead atoms. The minimum Gasteiger partial charge on any atom is -0.347 e. The van der Waals surface area contributed by atoms with Crippen molar-refractivity contribution in [3.8, 4) is 0 Å². The van der Waals surface area contributed by atoms with Crippen molar-refractivity contribution >= 4 is 16.9 Å². The summed E-state index contributed by atoms with van der Waals surface area (Å²) < 4.78 is 0. The first-order valence-electron chi connectivity index (χ1n) is 9.91. The van der Waals surface area contributed by atoms with Crippen LogP contribution in [0.3, 0.4) is 0 Å². The van der Waals surface area contributed by atoms with Crippen LogP contribution in [0.5, 0.6) is 0 Å². The third-order valence-corrected chi connectivity index (χ3v) is 4.81. The molecule has 1 aromatic carbocycles. The van der Waals surface area contributed by atoms with Gasteiger partial charge in [-0.05, 0) is 31.5 Å². The maximum atomic E-state index is 13.1. The summed E-state index contributed by atoms with van der Waals surface area (Å²) >= 11 is 0. The maximum absolute atomic E-state index is 13.1. The topological polar surface area (TPSA) is 77.7 Å². The van der Waals surface area contributed by atoms with Crippen molar-refractivity contribution in [1.82, 2.24) is 24.8 Å². The van der Waals surface area contributed by atoms with E-state index in [1.807, 2.05) is 30.0 Å². The van der Waals surface area contributed by atoms with Gasteiger partial charge in [0.15, 0.2) is 0 Å². The molecule has 6 heteroatoms. The number of unbranched alkanes of at least 4 members (excludes halogenated alkanes) is 5. The number of aromatic nitrogens is 4. The molecule has 3 aromatic rings. The largest absolute Gasteiger partial charge is 0.347 e. The van der Waals surface area contributed by atoms with E-state index in [0.29, 0.717) is 12.1 Å². The summed E-state index contributed by atoms with van der Waals surface area (Å²) in [6.07, 6.45) is 10.7. The van der Waals surface area contributed by atoms with Crippen LogP contribution < -0.4 is 0 Å². The molecule has 0 saturated heterocycles. The monoisotopic (exact) mass is 367 g/mol. The number of fused-ring (bicyclic) bond motifs is 1. The van der Waals surface area contributed by atoms with Crippen LogP contribution in [0.2, 0.25) is 0 Å². The summed E-state index contributed by atoms with van der Waals surface area (Å²) in [6.45, 7) is 5.39. The van der Waals surface area contributed by atoms with Crippen LogP contribution in [0.25, 0.3) is 11.0 Å². The lowest BCUT2D eigenvalue weighted by atomic mass is 10.1. The van der Waals surface area contributed by atoms with Crippen molar-refractivity contribution in [2.75, 3.05) is 6.54 Å². The quantitative estimate of drug-likeness (QED) is 0.514. The first-order chi connectivity index (χ1) is 13.2. The number of benzene rings is 1. The zero-order valence-corrected chi connectivity index (χ0v) is 16.3. The van der Waals surface area contributed by atoms with Crippen molar-refractivity contribution in [2.24, 2.45) is 0 Å². The molecule has 1 amide bonds. The molecule has 3 rings (SSSR count). The first kappa shape index (κ1) is 19.1. The Kier molecular flexibility index (Phi) is 6.63. The predicted octanol–water partition coefficient (Wildman–Crippen LogP) is 4.60. The number of amides is 1. The molecule has 0 aliphatic heterocycles. The molecular weight excluding hydrogens is 338 g/mol. The second-order valence-electron chi connectivity index (χ2n) is 7.08. The van der Waals surface area contributed by atoms with E-state index in [9.17, 15) is 4.79 Å². The van der Waals surface area contributed by atoms with Crippen molar-refractivity contribution in [2.45, 2.75) is 58.9 Å². The van der Waals surface area contributed by atoms with E-state index >= 15 is 0 Å². The number of nitrogens with zero attached hydrogens (tertiary/aromatic N) is 3. The molecule has 2 heterocycles. The van der Waals surface area contributed by atoms with Gasteiger partial charge in [0.2, 0.25) is 0 Å². The number of nitrogens with one attached hydrogen (secondary N) is 2. The molecule has 0 atom stereocenters. The van der Waals surface area contributed by atoms with E-state index in [2.05, 4.69) is 26.9 Å². The van der Waals surface area contributed by atoms with Gasteiger partial charge in [-0.25, -0.2) is 9.97 Å². The van der Waals surface area contributed by atoms with Gasteiger partial charge in [0.1, 0.15) is 11.6 Å². The van der Waals surface area contributed by atoms with Gasteiger partial charge in [-0.15, -0.1) is 0 Å². The van der Waals surface area contributed by atoms with E-state index in [-0.39, 0.29) is 5.91 Å². The number of hydrogen-bond acceptors (Lipinski definition) is 3. The first-order valence-corrected chi connectivity index (χ1v) is 9.91. The summed E-state index contributed by atoms with van der Waals surface area (Å²) in [7, 11) is 0. The van der Waals surface area contributed by atoms with Gasteiger partial charge in [-0.1, -0.05) is 39.0 Å². The van der Waals surface area contributed by atoms with Crippen molar-refractivity contribution in [3.63, 3.8) is 0 Å². The van der Waals surface area contributed by atoms with Crippen molar-refractivity contribution < 1.29 is 4.79 Å². The van der Waals surface area contributed by atoms with Gasteiger partial charge in [-0.3, -0.25) is 4.79 Å². The Bertz CT molecular complexity index is 853. The molecule has 2 N–H and O–H groups in total. The second-order valence-corrected chi connectivity index (χ2v) is 7.08. The fraction of sp³-hybridized carbons (Fsp3) is 0.476. The predicted molar refractivity (Wildman–Crippen MR) is 108 cm³/mol. The van der Waals surface area contributed by atoms with Crippen LogP contribution in [0.4, 0.5) is 0 Å². The smallest absolute Gasteiger partial charge is 0.254 e. The Balaban J connectivity index is 1.68. The standard InChI is InChI=1S/C21H29N5O/c1-3-4-5-6-7-8-13-26(15-20-22-11-12-23-20)21(27)17-9-10-18-19(14-17)25-16(2)24-18/h9-12,14H,3-8,13,15H2,1-2H3,(H,22,23)(H,24,25). The Morgan fingerprint density at radius 1 is 1.15 bits per heavy atom. The van der Waals surface area contributed by atoms with Gasteiger partial charge in [0, 0.05) is 24.5 Å². The van der Waals surface area contributed by atoms with Gasteiger partial charge >= 0.3 is 0 Å². The Labute approximate surface area is 160 Å². The molecule has 0 saturated carbocycles. The number of aromatic amines is 2. The normalized spacial score (nSPS) is 11.2. The minimum atomic E-state index is 0.0362. The SMILES string of the molecule is CCCCCCCCN(Cc1ncc[nH]1)C(=O)c1ccc2nc(C)[nH]c2c1. The summed E-state index contributed by atoms with van der Waals surface area (Å²) in [5.74, 6) is 1.70. The third-order valence-electron chi connectivity index (χ3n) is 4.81. The van der Waals surface area contributed by atoms with E-state index in [1.54, 1.807) is 12.4 Å². The van der Waals surface area contributed by atoms with Gasteiger partial charge in [0.25, 0.3) is 5.91 Å². The van der Waals surface area contributed by atoms with Crippen LogP contribution >= 0.6 is 0 Å². The van der Waals surface area contributed by atoms with Crippen LogP contribution in [0.1, 0.15) is 67.5 Å². The average Bonchev–Trinajstić information content (AvgIpc) is 3.30. The number of imidazole rings is 2. The molecule has 6 nitrogen and oxygen atoms in total. The van der Waals surface area contributed by atoms with Crippen LogP contribution in [0.15, 0.2) is 30.6 Å². The summed E-state index contributed by atoms with van der Waals surface area (Å²) in [6, 6.07) is 5.66. The molecule has 0 radical (unpaired) electrons. The van der Waals surface area contributed by atoms with E-state index < -0.39 is 0 Å². The van der Waals surface area contributed by atoms with E-state index in [4.69, 9.17) is 0 Å². The lowest BCUT2D eigenvalue weighted by Crippen LogP contribution is -2.32. The molecule has 0 unspecified atom stereocenters. The van der Waals surface area contributed by atoms with Gasteiger partial charge in [0.05, 0.1) is 17.6 Å². The van der Waals surface area contributed by atoms with E-state index in [1.165, 1.54) is 25.7 Å². The molecular formula is C21H29N5O.